The molecule has 0 aliphatic rings. The molecule has 0 saturated carbocycles. The lowest BCUT2D eigenvalue weighted by molar-refractivity contribution is 0.0942. The molecule has 1 unspecified atom stereocenters. The fraction of sp³-hybridized carbons (Fsp3) is 0.357. The highest BCUT2D eigenvalue weighted by molar-refractivity contribution is 5.94. The molecule has 6 heteroatoms. The minimum Gasteiger partial charge on any atom is -0.393 e. The van der Waals surface area contributed by atoms with Gasteiger partial charge in [0, 0.05) is 12.1 Å². The molecule has 106 valence electrons. The number of hydrogen-bond acceptors (Lipinski definition) is 4. The van der Waals surface area contributed by atoms with Crippen molar-refractivity contribution in [1.82, 2.24) is 20.3 Å². The minimum atomic E-state index is -0.364. The lowest BCUT2D eigenvalue weighted by atomic mass is 10.1. The van der Waals surface area contributed by atoms with E-state index < -0.39 is 0 Å². The first-order valence-electron chi connectivity index (χ1n) is 6.63. The zero-order valence-corrected chi connectivity index (χ0v) is 11.4. The summed E-state index contributed by atoms with van der Waals surface area (Å²) in [6.45, 7) is 2.37. The summed E-state index contributed by atoms with van der Waals surface area (Å²) in [5, 5.41) is 19.9. The number of benzene rings is 1. The molecule has 20 heavy (non-hydrogen) atoms. The molecule has 2 aromatic rings. The fourth-order valence-corrected chi connectivity index (χ4v) is 1.79. The summed E-state index contributed by atoms with van der Waals surface area (Å²) in [5.41, 5.74) is 1.34. The van der Waals surface area contributed by atoms with Crippen molar-refractivity contribution in [3.63, 3.8) is 0 Å². The van der Waals surface area contributed by atoms with Crippen molar-refractivity contribution in [2.45, 2.75) is 25.9 Å². The highest BCUT2D eigenvalue weighted by Crippen LogP contribution is 2.09. The van der Waals surface area contributed by atoms with Gasteiger partial charge in [-0.15, -0.1) is 5.10 Å². The Labute approximate surface area is 117 Å². The average molecular weight is 274 g/mol. The molecule has 0 spiro atoms. The third-order valence-electron chi connectivity index (χ3n) is 3.03. The normalized spacial score (nSPS) is 12.1. The first-order chi connectivity index (χ1) is 9.70. The second kappa shape index (κ2) is 6.81. The Hall–Kier alpha value is -2.21. The average Bonchev–Trinajstić information content (AvgIpc) is 3.01. The van der Waals surface area contributed by atoms with Crippen LogP contribution in [0.1, 0.15) is 30.1 Å². The van der Waals surface area contributed by atoms with Gasteiger partial charge in [0.2, 0.25) is 0 Å². The molecule has 0 aliphatic carbocycles. The summed E-state index contributed by atoms with van der Waals surface area (Å²) in [7, 11) is 0. The van der Waals surface area contributed by atoms with Crippen LogP contribution >= 0.6 is 0 Å². The maximum absolute atomic E-state index is 12.0. The van der Waals surface area contributed by atoms with Crippen LogP contribution in [0.15, 0.2) is 36.7 Å². The SMILES string of the molecule is CCC(O)CCNC(=O)c1cccc(-n2ccnn2)c1. The number of hydrogen-bond donors (Lipinski definition) is 2. The van der Waals surface area contributed by atoms with Crippen LogP contribution in [0.4, 0.5) is 0 Å². The van der Waals surface area contributed by atoms with Gasteiger partial charge in [0.1, 0.15) is 0 Å². The van der Waals surface area contributed by atoms with E-state index in [1.165, 1.54) is 0 Å². The van der Waals surface area contributed by atoms with Crippen LogP contribution in [-0.4, -0.2) is 38.7 Å². The van der Waals surface area contributed by atoms with Crippen molar-refractivity contribution < 1.29 is 9.90 Å². The smallest absolute Gasteiger partial charge is 0.251 e. The number of aliphatic hydroxyl groups is 1. The number of carbonyl (C=O) groups is 1. The van der Waals surface area contributed by atoms with Crippen LogP contribution in [0.2, 0.25) is 0 Å². The van der Waals surface area contributed by atoms with Gasteiger partial charge < -0.3 is 10.4 Å². The molecule has 0 fully saturated rings. The first-order valence-corrected chi connectivity index (χ1v) is 6.63. The number of carbonyl (C=O) groups excluding carboxylic acids is 1. The molecule has 2 N–H and O–H groups in total. The lowest BCUT2D eigenvalue weighted by Gasteiger charge is -2.09. The van der Waals surface area contributed by atoms with Gasteiger partial charge in [0.15, 0.2) is 0 Å². The van der Waals surface area contributed by atoms with E-state index >= 15 is 0 Å². The largest absolute Gasteiger partial charge is 0.393 e. The van der Waals surface area contributed by atoms with E-state index in [9.17, 15) is 9.90 Å². The Morgan fingerprint density at radius 1 is 1.50 bits per heavy atom. The predicted octanol–water partition coefficient (Wildman–Crippen LogP) is 1.16. The fourth-order valence-electron chi connectivity index (χ4n) is 1.79. The van der Waals surface area contributed by atoms with Crippen molar-refractivity contribution in [2.75, 3.05) is 6.54 Å². The summed E-state index contributed by atoms with van der Waals surface area (Å²) < 4.78 is 1.59. The van der Waals surface area contributed by atoms with Crippen molar-refractivity contribution in [3.8, 4) is 5.69 Å². The van der Waals surface area contributed by atoms with Crippen LogP contribution in [0, 0.1) is 0 Å². The van der Waals surface area contributed by atoms with Gasteiger partial charge in [0.05, 0.1) is 24.2 Å². The molecule has 1 aromatic heterocycles. The van der Waals surface area contributed by atoms with E-state index in [1.807, 2.05) is 13.0 Å². The van der Waals surface area contributed by atoms with Gasteiger partial charge in [-0.25, -0.2) is 4.68 Å². The van der Waals surface area contributed by atoms with E-state index in [2.05, 4.69) is 15.6 Å². The van der Waals surface area contributed by atoms with Crippen LogP contribution in [-0.2, 0) is 0 Å². The Balaban J connectivity index is 1.98. The van der Waals surface area contributed by atoms with Gasteiger partial charge in [-0.1, -0.05) is 18.2 Å². The molecular formula is C14H18N4O2. The predicted molar refractivity (Wildman–Crippen MR) is 74.6 cm³/mol. The Kier molecular flexibility index (Phi) is 4.84. The van der Waals surface area contributed by atoms with Crippen LogP contribution in [0.25, 0.3) is 5.69 Å². The van der Waals surface area contributed by atoms with E-state index in [0.29, 0.717) is 24.9 Å². The summed E-state index contributed by atoms with van der Waals surface area (Å²) in [4.78, 5) is 12.0. The molecule has 0 radical (unpaired) electrons. The quantitative estimate of drug-likeness (QED) is 0.828. The number of aliphatic hydroxyl groups excluding tert-OH is 1. The number of nitrogens with one attached hydrogen (secondary N) is 1. The molecule has 0 bridgehead atoms. The van der Waals surface area contributed by atoms with E-state index in [0.717, 1.165) is 5.69 Å². The van der Waals surface area contributed by atoms with E-state index in [-0.39, 0.29) is 12.0 Å². The zero-order chi connectivity index (χ0) is 14.4. The van der Waals surface area contributed by atoms with Gasteiger partial charge in [-0.2, -0.15) is 0 Å². The number of amides is 1. The second-order valence-corrected chi connectivity index (χ2v) is 4.50. The molecular weight excluding hydrogens is 256 g/mol. The number of aromatic nitrogens is 3. The highest BCUT2D eigenvalue weighted by atomic mass is 16.3. The van der Waals surface area contributed by atoms with Crippen LogP contribution in [0.3, 0.4) is 0 Å². The lowest BCUT2D eigenvalue weighted by Crippen LogP contribution is -2.27. The standard InChI is InChI=1S/C14H18N4O2/c1-2-13(19)6-7-15-14(20)11-4-3-5-12(10-11)18-9-8-16-17-18/h3-5,8-10,13,19H,2,6-7H2,1H3,(H,15,20). The topological polar surface area (TPSA) is 80.0 Å². The monoisotopic (exact) mass is 274 g/mol. The van der Waals surface area contributed by atoms with Crippen molar-refractivity contribution in [1.29, 1.82) is 0 Å². The van der Waals surface area contributed by atoms with Gasteiger partial charge >= 0.3 is 0 Å². The number of nitrogens with zero attached hydrogens (tertiary/aromatic N) is 3. The van der Waals surface area contributed by atoms with Crippen LogP contribution in [0.5, 0.6) is 0 Å². The molecule has 1 aromatic carbocycles. The summed E-state index contributed by atoms with van der Waals surface area (Å²) in [6.07, 6.45) is 4.19. The minimum absolute atomic E-state index is 0.157. The Morgan fingerprint density at radius 2 is 2.35 bits per heavy atom. The molecule has 1 heterocycles. The third-order valence-corrected chi connectivity index (χ3v) is 3.03. The molecule has 2 rings (SSSR count). The van der Waals surface area contributed by atoms with E-state index in [4.69, 9.17) is 0 Å². The Morgan fingerprint density at radius 3 is 3.05 bits per heavy atom. The highest BCUT2D eigenvalue weighted by Gasteiger charge is 2.08. The summed E-state index contributed by atoms with van der Waals surface area (Å²) >= 11 is 0. The van der Waals surface area contributed by atoms with Gasteiger partial charge in [-0.05, 0) is 31.0 Å². The summed E-state index contributed by atoms with van der Waals surface area (Å²) in [6, 6.07) is 7.14. The maximum Gasteiger partial charge on any atom is 0.251 e. The number of rotatable bonds is 6. The first kappa shape index (κ1) is 14.2. The maximum atomic E-state index is 12.0. The van der Waals surface area contributed by atoms with Crippen molar-refractivity contribution in [3.05, 3.63) is 42.2 Å². The zero-order valence-electron chi connectivity index (χ0n) is 11.4. The molecule has 1 atom stereocenters. The second-order valence-electron chi connectivity index (χ2n) is 4.50. The summed E-state index contributed by atoms with van der Waals surface area (Å²) in [5.74, 6) is -0.157. The van der Waals surface area contributed by atoms with Crippen molar-refractivity contribution >= 4 is 5.91 Å². The van der Waals surface area contributed by atoms with E-state index in [1.54, 1.807) is 35.3 Å². The molecule has 0 saturated heterocycles. The molecule has 0 aliphatic heterocycles. The third kappa shape index (κ3) is 3.64. The van der Waals surface area contributed by atoms with Gasteiger partial charge in [-0.3, -0.25) is 4.79 Å². The Bertz CT molecular complexity index is 554. The van der Waals surface area contributed by atoms with Crippen molar-refractivity contribution in [2.24, 2.45) is 0 Å². The van der Waals surface area contributed by atoms with Crippen LogP contribution < -0.4 is 5.32 Å². The van der Waals surface area contributed by atoms with Gasteiger partial charge in [0.25, 0.3) is 5.91 Å². The molecule has 6 nitrogen and oxygen atoms in total. The molecule has 1 amide bonds.